The number of amides is 1. The van der Waals surface area contributed by atoms with Crippen molar-refractivity contribution in [3.63, 3.8) is 0 Å². The summed E-state index contributed by atoms with van der Waals surface area (Å²) in [5.74, 6) is 0.670. The maximum Gasteiger partial charge on any atom is 0.231 e. The van der Waals surface area contributed by atoms with Crippen LogP contribution >= 0.6 is 11.6 Å². The summed E-state index contributed by atoms with van der Waals surface area (Å²) in [4.78, 5) is 12.3. The Kier molecular flexibility index (Phi) is 4.45. The number of hydrogen-bond acceptors (Lipinski definition) is 3. The van der Waals surface area contributed by atoms with Crippen molar-refractivity contribution in [2.75, 3.05) is 18.5 Å². The van der Waals surface area contributed by atoms with E-state index in [9.17, 15) is 4.79 Å². The predicted octanol–water partition coefficient (Wildman–Crippen LogP) is 2.87. The van der Waals surface area contributed by atoms with Crippen LogP contribution in [-0.4, -0.2) is 28.9 Å². The highest BCUT2D eigenvalue weighted by atomic mass is 35.5. The molecule has 22 heavy (non-hydrogen) atoms. The lowest BCUT2D eigenvalue weighted by Crippen LogP contribution is -2.25. The second-order valence-corrected chi connectivity index (χ2v) is 5.95. The number of carbonyl (C=O) groups is 1. The van der Waals surface area contributed by atoms with Crippen LogP contribution in [0, 0.1) is 12.8 Å². The summed E-state index contributed by atoms with van der Waals surface area (Å²) in [6.07, 6.45) is 2.53. The van der Waals surface area contributed by atoms with Gasteiger partial charge < -0.3 is 10.1 Å². The van der Waals surface area contributed by atoms with Gasteiger partial charge in [0, 0.05) is 17.2 Å². The zero-order valence-electron chi connectivity index (χ0n) is 12.4. The third-order valence-corrected chi connectivity index (χ3v) is 4.06. The Hall–Kier alpha value is -1.85. The summed E-state index contributed by atoms with van der Waals surface area (Å²) in [6.45, 7) is 3.67. The molecule has 1 atom stereocenters. The van der Waals surface area contributed by atoms with Crippen molar-refractivity contribution in [1.82, 2.24) is 9.78 Å². The van der Waals surface area contributed by atoms with Gasteiger partial charge in [0.05, 0.1) is 25.3 Å². The molecular weight excluding hydrogens is 302 g/mol. The highest BCUT2D eigenvalue weighted by Gasteiger charge is 2.24. The molecule has 1 saturated heterocycles. The molecule has 1 amide bonds. The van der Waals surface area contributed by atoms with Gasteiger partial charge in [-0.25, -0.2) is 4.68 Å². The first-order valence-electron chi connectivity index (χ1n) is 7.29. The Labute approximate surface area is 134 Å². The van der Waals surface area contributed by atoms with E-state index in [-0.39, 0.29) is 11.8 Å². The Morgan fingerprint density at radius 1 is 1.45 bits per heavy atom. The minimum absolute atomic E-state index is 0.00143. The first kappa shape index (κ1) is 15.1. The smallest absolute Gasteiger partial charge is 0.231 e. The molecule has 0 bridgehead atoms. The molecule has 1 aromatic heterocycles. The Morgan fingerprint density at radius 2 is 2.23 bits per heavy atom. The fourth-order valence-electron chi connectivity index (χ4n) is 2.48. The maximum absolute atomic E-state index is 12.3. The second kappa shape index (κ2) is 6.50. The molecule has 1 fully saturated rings. The van der Waals surface area contributed by atoms with Gasteiger partial charge in [-0.05, 0) is 31.0 Å². The molecule has 1 unspecified atom stereocenters. The van der Waals surface area contributed by atoms with Crippen LogP contribution in [0.2, 0.25) is 5.02 Å². The number of nitrogens with zero attached hydrogens (tertiary/aromatic N) is 2. The molecule has 3 rings (SSSR count). The number of anilines is 1. The van der Waals surface area contributed by atoms with E-state index in [2.05, 4.69) is 10.4 Å². The van der Waals surface area contributed by atoms with E-state index in [1.165, 1.54) is 0 Å². The molecule has 5 nitrogen and oxygen atoms in total. The Morgan fingerprint density at radius 3 is 2.91 bits per heavy atom. The van der Waals surface area contributed by atoms with E-state index in [1.807, 2.05) is 31.2 Å². The number of nitrogens with one attached hydrogen (secondary N) is 1. The molecule has 1 aliphatic heterocycles. The molecule has 0 saturated carbocycles. The van der Waals surface area contributed by atoms with Crippen LogP contribution in [0.1, 0.15) is 17.5 Å². The summed E-state index contributed by atoms with van der Waals surface area (Å²) in [5, 5.41) is 8.04. The zero-order valence-corrected chi connectivity index (χ0v) is 13.1. The summed E-state index contributed by atoms with van der Waals surface area (Å²) in [6, 6.07) is 7.61. The highest BCUT2D eigenvalue weighted by Crippen LogP contribution is 2.20. The number of ether oxygens (including phenoxy) is 1. The van der Waals surface area contributed by atoms with Gasteiger partial charge in [0.2, 0.25) is 5.91 Å². The summed E-state index contributed by atoms with van der Waals surface area (Å²) in [7, 11) is 0. The molecule has 1 aliphatic rings. The van der Waals surface area contributed by atoms with Gasteiger partial charge >= 0.3 is 0 Å². The topological polar surface area (TPSA) is 56.2 Å². The summed E-state index contributed by atoms with van der Waals surface area (Å²) in [5.41, 5.74) is 2.02. The van der Waals surface area contributed by atoms with Crippen LogP contribution in [0.25, 0.3) is 0 Å². The third-order valence-electron chi connectivity index (χ3n) is 3.81. The Bertz CT molecular complexity index is 661. The zero-order chi connectivity index (χ0) is 15.5. The molecule has 1 aromatic carbocycles. The minimum Gasteiger partial charge on any atom is -0.381 e. The van der Waals surface area contributed by atoms with Crippen molar-refractivity contribution in [3.8, 4) is 0 Å². The largest absolute Gasteiger partial charge is 0.381 e. The van der Waals surface area contributed by atoms with Crippen LogP contribution in [0.5, 0.6) is 0 Å². The van der Waals surface area contributed by atoms with Crippen molar-refractivity contribution in [1.29, 1.82) is 0 Å². The number of benzene rings is 1. The Balaban J connectivity index is 1.75. The number of hydrogen-bond donors (Lipinski definition) is 1. The summed E-state index contributed by atoms with van der Waals surface area (Å²) < 4.78 is 7.07. The molecule has 0 radical (unpaired) electrons. The SMILES string of the molecule is Cc1cnn(Cc2ccc(Cl)cc2)c1NC(=O)C1CCOC1. The van der Waals surface area contributed by atoms with Crippen molar-refractivity contribution in [2.45, 2.75) is 19.9 Å². The number of carbonyl (C=O) groups excluding carboxylic acids is 1. The van der Waals surface area contributed by atoms with Crippen LogP contribution in [0.4, 0.5) is 5.82 Å². The molecule has 1 N–H and O–H groups in total. The van der Waals surface area contributed by atoms with Gasteiger partial charge in [-0.15, -0.1) is 0 Å². The summed E-state index contributed by atoms with van der Waals surface area (Å²) >= 11 is 5.90. The van der Waals surface area contributed by atoms with E-state index in [0.29, 0.717) is 24.8 Å². The van der Waals surface area contributed by atoms with Crippen molar-refractivity contribution in [3.05, 3.63) is 46.6 Å². The van der Waals surface area contributed by atoms with Crippen LogP contribution in [0.3, 0.4) is 0 Å². The average Bonchev–Trinajstić information content (AvgIpc) is 3.14. The maximum atomic E-state index is 12.3. The van der Waals surface area contributed by atoms with E-state index in [1.54, 1.807) is 10.9 Å². The monoisotopic (exact) mass is 319 g/mol. The molecular formula is C16H18ClN3O2. The van der Waals surface area contributed by atoms with Gasteiger partial charge in [-0.3, -0.25) is 4.79 Å². The fraction of sp³-hybridized carbons (Fsp3) is 0.375. The average molecular weight is 320 g/mol. The van der Waals surface area contributed by atoms with E-state index in [0.717, 1.165) is 23.4 Å². The number of aryl methyl sites for hydroxylation is 1. The molecule has 116 valence electrons. The first-order chi connectivity index (χ1) is 10.6. The lowest BCUT2D eigenvalue weighted by atomic mass is 10.1. The van der Waals surface area contributed by atoms with Crippen LogP contribution in [-0.2, 0) is 16.1 Å². The molecule has 0 aliphatic carbocycles. The number of halogens is 1. The van der Waals surface area contributed by atoms with Crippen molar-refractivity contribution >= 4 is 23.3 Å². The van der Waals surface area contributed by atoms with Gasteiger partial charge in [-0.2, -0.15) is 5.10 Å². The fourth-order valence-corrected chi connectivity index (χ4v) is 2.61. The quantitative estimate of drug-likeness (QED) is 0.942. The first-order valence-corrected chi connectivity index (χ1v) is 7.67. The predicted molar refractivity (Wildman–Crippen MR) is 85.1 cm³/mol. The molecule has 0 spiro atoms. The lowest BCUT2D eigenvalue weighted by Gasteiger charge is -2.13. The van der Waals surface area contributed by atoms with Gasteiger partial charge in [0.1, 0.15) is 5.82 Å². The lowest BCUT2D eigenvalue weighted by molar-refractivity contribution is -0.119. The second-order valence-electron chi connectivity index (χ2n) is 5.51. The van der Waals surface area contributed by atoms with Crippen molar-refractivity contribution < 1.29 is 9.53 Å². The number of aromatic nitrogens is 2. The van der Waals surface area contributed by atoms with Crippen LogP contribution in [0.15, 0.2) is 30.5 Å². The third kappa shape index (κ3) is 3.31. The van der Waals surface area contributed by atoms with Crippen LogP contribution < -0.4 is 5.32 Å². The normalized spacial score (nSPS) is 17.6. The molecule has 2 heterocycles. The van der Waals surface area contributed by atoms with Gasteiger partial charge in [-0.1, -0.05) is 23.7 Å². The minimum atomic E-state index is -0.0710. The van der Waals surface area contributed by atoms with E-state index < -0.39 is 0 Å². The number of rotatable bonds is 4. The van der Waals surface area contributed by atoms with Crippen molar-refractivity contribution in [2.24, 2.45) is 5.92 Å². The van der Waals surface area contributed by atoms with E-state index in [4.69, 9.17) is 16.3 Å². The molecule has 2 aromatic rings. The molecule has 6 heteroatoms. The standard InChI is InChI=1S/C16H18ClN3O2/c1-11-8-18-20(9-12-2-4-14(17)5-3-12)15(11)19-16(21)13-6-7-22-10-13/h2-5,8,13H,6-7,9-10H2,1H3,(H,19,21). The highest BCUT2D eigenvalue weighted by molar-refractivity contribution is 6.30. The van der Waals surface area contributed by atoms with Gasteiger partial charge in [0.25, 0.3) is 0 Å². The van der Waals surface area contributed by atoms with E-state index >= 15 is 0 Å². The van der Waals surface area contributed by atoms with Gasteiger partial charge in [0.15, 0.2) is 0 Å².